The van der Waals surface area contributed by atoms with Crippen LogP contribution in [0.3, 0.4) is 0 Å². The maximum atomic E-state index is 12.6. The number of rotatable bonds is 2. The van der Waals surface area contributed by atoms with Gasteiger partial charge in [-0.3, -0.25) is 0 Å². The van der Waals surface area contributed by atoms with Crippen molar-refractivity contribution in [2.24, 2.45) is 0 Å². The van der Waals surface area contributed by atoms with Gasteiger partial charge in [0.05, 0.1) is 6.26 Å². The molecule has 118 valence electrons. The maximum Gasteiger partial charge on any atom is 0.451 e. The van der Waals surface area contributed by atoms with Gasteiger partial charge in [-0.1, -0.05) is 11.6 Å². The predicted octanol–water partition coefficient (Wildman–Crippen LogP) is 1.23. The van der Waals surface area contributed by atoms with E-state index in [1.165, 1.54) is 10.4 Å². The Bertz CT molecular complexity index is 630. The molecule has 6 nitrogen and oxygen atoms in total. The van der Waals surface area contributed by atoms with Gasteiger partial charge in [0.25, 0.3) is 0 Å². The molecule has 1 aliphatic rings. The van der Waals surface area contributed by atoms with Crippen molar-refractivity contribution in [2.75, 3.05) is 37.3 Å². The third kappa shape index (κ3) is 3.95. The van der Waals surface area contributed by atoms with Gasteiger partial charge in [-0.2, -0.15) is 17.5 Å². The molecule has 11 heteroatoms. The maximum absolute atomic E-state index is 12.6. The van der Waals surface area contributed by atoms with Gasteiger partial charge in [0.1, 0.15) is 11.0 Å². The van der Waals surface area contributed by atoms with Crippen LogP contribution in [0, 0.1) is 0 Å². The second-order valence-electron chi connectivity index (χ2n) is 4.52. The number of hydrogen-bond acceptors (Lipinski definition) is 5. The lowest BCUT2D eigenvalue weighted by Gasteiger charge is -2.34. The Morgan fingerprint density at radius 3 is 2.24 bits per heavy atom. The zero-order chi connectivity index (χ0) is 15.8. The molecule has 0 spiro atoms. The molecule has 0 aliphatic carbocycles. The summed E-state index contributed by atoms with van der Waals surface area (Å²) in [6, 6.07) is 1.23. The third-order valence-electron chi connectivity index (χ3n) is 2.97. The third-order valence-corrected chi connectivity index (χ3v) is 4.46. The summed E-state index contributed by atoms with van der Waals surface area (Å²) in [4.78, 5) is 8.15. The van der Waals surface area contributed by atoms with Crippen LogP contribution >= 0.6 is 11.6 Å². The first-order valence-corrected chi connectivity index (χ1v) is 8.12. The van der Waals surface area contributed by atoms with Crippen molar-refractivity contribution in [2.45, 2.75) is 6.18 Å². The number of halogens is 4. The number of hydrogen-bond donors (Lipinski definition) is 0. The van der Waals surface area contributed by atoms with Crippen LogP contribution in [-0.4, -0.2) is 55.1 Å². The fourth-order valence-corrected chi connectivity index (χ4v) is 2.95. The molecule has 2 rings (SSSR count). The van der Waals surface area contributed by atoms with E-state index in [0.29, 0.717) is 0 Å². The smallest absolute Gasteiger partial charge is 0.354 e. The number of nitrogens with zero attached hydrogens (tertiary/aromatic N) is 4. The van der Waals surface area contributed by atoms with Crippen molar-refractivity contribution in [3.05, 3.63) is 17.0 Å². The summed E-state index contributed by atoms with van der Waals surface area (Å²) in [6.45, 7) is 0.832. The molecule has 0 atom stereocenters. The highest BCUT2D eigenvalue weighted by Gasteiger charge is 2.36. The van der Waals surface area contributed by atoms with E-state index >= 15 is 0 Å². The van der Waals surface area contributed by atoms with Crippen molar-refractivity contribution in [1.82, 2.24) is 14.3 Å². The van der Waals surface area contributed by atoms with Gasteiger partial charge in [0.2, 0.25) is 15.8 Å². The average Bonchev–Trinajstić information content (AvgIpc) is 2.36. The number of aromatic nitrogens is 2. The van der Waals surface area contributed by atoms with Gasteiger partial charge in [0, 0.05) is 32.2 Å². The van der Waals surface area contributed by atoms with Crippen LogP contribution in [0.1, 0.15) is 5.82 Å². The van der Waals surface area contributed by atoms with E-state index in [4.69, 9.17) is 11.6 Å². The zero-order valence-electron chi connectivity index (χ0n) is 10.9. The minimum atomic E-state index is -4.69. The number of sulfonamides is 1. The molecule has 1 aliphatic heterocycles. The van der Waals surface area contributed by atoms with Gasteiger partial charge >= 0.3 is 6.18 Å². The zero-order valence-corrected chi connectivity index (χ0v) is 12.5. The molecule has 1 fully saturated rings. The summed E-state index contributed by atoms with van der Waals surface area (Å²) < 4.78 is 62.0. The quantitative estimate of drug-likeness (QED) is 0.755. The Balaban J connectivity index is 2.19. The second-order valence-corrected chi connectivity index (χ2v) is 6.89. The molecular weight excluding hydrogens is 333 g/mol. The Hall–Kier alpha value is -1.13. The lowest BCUT2D eigenvalue weighted by Crippen LogP contribution is -2.48. The standard InChI is InChI=1S/C10H12ClF3N4O2S/c1-21(19,20)18-4-2-17(3-5-18)8-6-7(11)15-9(16-8)10(12,13)14/h6H,2-5H2,1H3. The largest absolute Gasteiger partial charge is 0.451 e. The molecule has 0 unspecified atom stereocenters. The summed E-state index contributed by atoms with van der Waals surface area (Å²) >= 11 is 5.59. The number of anilines is 1. The summed E-state index contributed by atoms with van der Waals surface area (Å²) in [7, 11) is -3.30. The van der Waals surface area contributed by atoms with Gasteiger partial charge < -0.3 is 4.90 Å². The van der Waals surface area contributed by atoms with Gasteiger partial charge in [-0.05, 0) is 0 Å². The molecule has 0 amide bonds. The van der Waals surface area contributed by atoms with Gasteiger partial charge in [-0.25, -0.2) is 18.4 Å². The molecule has 1 aromatic heterocycles. The fourth-order valence-electron chi connectivity index (χ4n) is 1.94. The Kier molecular flexibility index (Phi) is 4.31. The van der Waals surface area contributed by atoms with E-state index in [0.717, 1.165) is 6.26 Å². The lowest BCUT2D eigenvalue weighted by molar-refractivity contribution is -0.144. The highest BCUT2D eigenvalue weighted by atomic mass is 35.5. The van der Waals surface area contributed by atoms with Crippen LogP contribution in [0.15, 0.2) is 6.07 Å². The fraction of sp³-hybridized carbons (Fsp3) is 0.600. The van der Waals surface area contributed by atoms with Crippen LogP contribution in [0.2, 0.25) is 5.15 Å². The summed E-state index contributed by atoms with van der Waals surface area (Å²) in [5.74, 6) is -1.27. The van der Waals surface area contributed by atoms with Crippen molar-refractivity contribution < 1.29 is 21.6 Å². The van der Waals surface area contributed by atoms with Crippen LogP contribution < -0.4 is 4.90 Å². The monoisotopic (exact) mass is 344 g/mol. The first-order valence-electron chi connectivity index (χ1n) is 5.89. The normalized spacial score (nSPS) is 18.0. The van der Waals surface area contributed by atoms with Crippen molar-refractivity contribution in [3.63, 3.8) is 0 Å². The molecule has 0 N–H and O–H groups in total. The topological polar surface area (TPSA) is 66.4 Å². The van der Waals surface area contributed by atoms with Crippen molar-refractivity contribution in [1.29, 1.82) is 0 Å². The Morgan fingerprint density at radius 1 is 1.19 bits per heavy atom. The number of alkyl halides is 3. The molecule has 2 heterocycles. The van der Waals surface area contributed by atoms with Gasteiger partial charge in [-0.15, -0.1) is 0 Å². The van der Waals surface area contributed by atoms with Crippen molar-refractivity contribution in [3.8, 4) is 0 Å². The first kappa shape index (κ1) is 16.2. The van der Waals surface area contributed by atoms with E-state index in [2.05, 4.69) is 9.97 Å². The van der Waals surface area contributed by atoms with E-state index in [1.807, 2.05) is 0 Å². The summed E-state index contributed by atoms with van der Waals surface area (Å²) in [5.41, 5.74) is 0. The molecule has 21 heavy (non-hydrogen) atoms. The predicted molar refractivity (Wildman–Crippen MR) is 70.7 cm³/mol. The molecule has 0 bridgehead atoms. The van der Waals surface area contributed by atoms with Crippen LogP contribution in [-0.2, 0) is 16.2 Å². The molecule has 0 aromatic carbocycles. The highest BCUT2D eigenvalue weighted by Crippen LogP contribution is 2.29. The lowest BCUT2D eigenvalue weighted by atomic mass is 10.3. The summed E-state index contributed by atoms with van der Waals surface area (Å²) in [5, 5.41) is -0.308. The first-order chi connectivity index (χ1) is 9.57. The van der Waals surface area contributed by atoms with Crippen LogP contribution in [0.4, 0.5) is 19.0 Å². The minimum absolute atomic E-state index is 0.0375. The molecule has 1 aromatic rings. The van der Waals surface area contributed by atoms with E-state index < -0.39 is 22.0 Å². The van der Waals surface area contributed by atoms with E-state index in [-0.39, 0.29) is 37.1 Å². The second kappa shape index (κ2) is 5.58. The molecule has 1 saturated heterocycles. The molecule has 0 radical (unpaired) electrons. The molecule has 0 saturated carbocycles. The average molecular weight is 345 g/mol. The highest BCUT2D eigenvalue weighted by molar-refractivity contribution is 7.88. The minimum Gasteiger partial charge on any atom is -0.354 e. The van der Waals surface area contributed by atoms with Crippen LogP contribution in [0.5, 0.6) is 0 Å². The van der Waals surface area contributed by atoms with Gasteiger partial charge in [0.15, 0.2) is 0 Å². The Morgan fingerprint density at radius 2 is 1.76 bits per heavy atom. The van der Waals surface area contributed by atoms with E-state index in [1.54, 1.807) is 4.90 Å². The molecular formula is C10H12ClF3N4O2S. The number of piperazine rings is 1. The Labute approximate surface area is 124 Å². The van der Waals surface area contributed by atoms with Crippen LogP contribution in [0.25, 0.3) is 0 Å². The van der Waals surface area contributed by atoms with Crippen molar-refractivity contribution >= 4 is 27.4 Å². The summed E-state index contributed by atoms with van der Waals surface area (Å²) in [6.07, 6.45) is -3.60. The SMILES string of the molecule is CS(=O)(=O)N1CCN(c2cc(Cl)nc(C(F)(F)F)n2)CC1. The van der Waals surface area contributed by atoms with E-state index in [9.17, 15) is 21.6 Å².